The molecule has 0 unspecified atom stereocenters. The van der Waals surface area contributed by atoms with Crippen LogP contribution in [0.15, 0.2) is 5.51 Å². The van der Waals surface area contributed by atoms with E-state index >= 15 is 0 Å². The highest BCUT2D eigenvalue weighted by Crippen LogP contribution is 2.33. The van der Waals surface area contributed by atoms with Crippen molar-refractivity contribution in [2.75, 3.05) is 46.4 Å². The Bertz CT molecular complexity index is 449. The number of fused-ring (bicyclic) bond motifs is 1. The van der Waals surface area contributed by atoms with Gasteiger partial charge in [0.05, 0.1) is 11.2 Å². The Morgan fingerprint density at radius 1 is 1.23 bits per heavy atom. The molecule has 2 fully saturated rings. The van der Waals surface area contributed by atoms with Crippen molar-refractivity contribution in [2.24, 2.45) is 11.8 Å². The average Bonchev–Trinajstić information content (AvgIpc) is 3.04. The molecule has 2 saturated heterocycles. The normalized spacial score (nSPS) is 27.0. The Morgan fingerprint density at radius 3 is 2.55 bits per heavy atom. The van der Waals surface area contributed by atoms with Gasteiger partial charge in [0, 0.05) is 44.8 Å². The fraction of sp³-hybridized carbons (Fsp3) is 0.824. The van der Waals surface area contributed by atoms with Gasteiger partial charge in [0.15, 0.2) is 0 Å². The second kappa shape index (κ2) is 7.86. The van der Waals surface area contributed by atoms with Crippen LogP contribution in [0, 0.1) is 18.8 Å². The smallest absolute Gasteiger partial charge is 0.0798 e. The molecule has 5 heteroatoms. The first kappa shape index (κ1) is 16.4. The van der Waals surface area contributed by atoms with Gasteiger partial charge < -0.3 is 9.64 Å². The first-order chi connectivity index (χ1) is 10.8. The molecule has 0 radical (unpaired) electrons. The van der Waals surface area contributed by atoms with Crippen molar-refractivity contribution in [2.45, 2.75) is 32.7 Å². The Balaban J connectivity index is 1.46. The van der Waals surface area contributed by atoms with Gasteiger partial charge in [-0.3, -0.25) is 4.90 Å². The average molecular weight is 324 g/mol. The van der Waals surface area contributed by atoms with E-state index in [9.17, 15) is 0 Å². The third-order valence-corrected chi connectivity index (χ3v) is 6.24. The second-order valence-corrected chi connectivity index (χ2v) is 7.78. The molecule has 3 heterocycles. The molecule has 2 aliphatic heterocycles. The lowest BCUT2D eigenvalue weighted by molar-refractivity contribution is 0.171. The third-order valence-electron chi connectivity index (χ3n) is 5.32. The summed E-state index contributed by atoms with van der Waals surface area (Å²) >= 11 is 1.81. The van der Waals surface area contributed by atoms with Crippen molar-refractivity contribution >= 4 is 11.3 Å². The van der Waals surface area contributed by atoms with Gasteiger partial charge in [-0.15, -0.1) is 11.3 Å². The number of ether oxygens (including phenoxy) is 1. The molecule has 22 heavy (non-hydrogen) atoms. The maximum atomic E-state index is 5.17. The highest BCUT2D eigenvalue weighted by atomic mass is 32.1. The van der Waals surface area contributed by atoms with Crippen molar-refractivity contribution in [1.82, 2.24) is 14.8 Å². The number of thiazole rings is 1. The highest BCUT2D eigenvalue weighted by molar-refractivity contribution is 7.09. The molecule has 2 aliphatic rings. The van der Waals surface area contributed by atoms with Crippen molar-refractivity contribution in [3.8, 4) is 0 Å². The summed E-state index contributed by atoms with van der Waals surface area (Å²) in [5.74, 6) is 1.81. The molecule has 0 bridgehead atoms. The largest absolute Gasteiger partial charge is 0.385 e. The molecule has 124 valence electrons. The minimum absolute atomic E-state index is 0.894. The number of rotatable bonds is 6. The Labute approximate surface area is 138 Å². The maximum Gasteiger partial charge on any atom is 0.0798 e. The molecule has 1 aromatic rings. The molecule has 4 nitrogen and oxygen atoms in total. The fourth-order valence-corrected chi connectivity index (χ4v) is 4.78. The first-order valence-corrected chi connectivity index (χ1v) is 9.47. The van der Waals surface area contributed by atoms with Gasteiger partial charge in [-0.05, 0) is 51.1 Å². The number of likely N-dealkylation sites (tertiary alicyclic amines) is 2. The number of methoxy groups -OCH3 is 1. The van der Waals surface area contributed by atoms with Crippen LogP contribution in [0.25, 0.3) is 0 Å². The fourth-order valence-electron chi connectivity index (χ4n) is 3.96. The Kier molecular flexibility index (Phi) is 5.85. The summed E-state index contributed by atoms with van der Waals surface area (Å²) in [6.45, 7) is 10.5. The van der Waals surface area contributed by atoms with Gasteiger partial charge in [0.2, 0.25) is 0 Å². The van der Waals surface area contributed by atoms with Crippen LogP contribution in [0.4, 0.5) is 0 Å². The number of hydrogen-bond donors (Lipinski definition) is 0. The van der Waals surface area contributed by atoms with Gasteiger partial charge in [-0.1, -0.05) is 0 Å². The van der Waals surface area contributed by atoms with Crippen molar-refractivity contribution < 1.29 is 4.74 Å². The van der Waals surface area contributed by atoms with E-state index in [0.29, 0.717) is 0 Å². The third kappa shape index (κ3) is 4.07. The topological polar surface area (TPSA) is 28.6 Å². The minimum Gasteiger partial charge on any atom is -0.385 e. The van der Waals surface area contributed by atoms with Crippen molar-refractivity contribution in [1.29, 1.82) is 0 Å². The molecular formula is C17H29N3OS. The maximum absolute atomic E-state index is 5.17. The molecule has 0 N–H and O–H groups in total. The molecule has 0 spiro atoms. The molecule has 1 aromatic heterocycles. The van der Waals surface area contributed by atoms with Gasteiger partial charge in [0.1, 0.15) is 0 Å². The molecule has 0 aromatic carbocycles. The van der Waals surface area contributed by atoms with Crippen LogP contribution >= 0.6 is 11.3 Å². The monoisotopic (exact) mass is 323 g/mol. The molecule has 0 saturated carbocycles. The Morgan fingerprint density at radius 2 is 1.95 bits per heavy atom. The minimum atomic E-state index is 0.894. The summed E-state index contributed by atoms with van der Waals surface area (Å²) in [5, 5.41) is 0. The van der Waals surface area contributed by atoms with E-state index < -0.39 is 0 Å². The van der Waals surface area contributed by atoms with E-state index in [1.54, 1.807) is 7.11 Å². The molecule has 3 rings (SSSR count). The second-order valence-electron chi connectivity index (χ2n) is 6.84. The summed E-state index contributed by atoms with van der Waals surface area (Å²) in [5.41, 5.74) is 3.21. The van der Waals surface area contributed by atoms with Gasteiger partial charge in [-0.2, -0.15) is 0 Å². The first-order valence-electron chi connectivity index (χ1n) is 8.59. The summed E-state index contributed by atoms with van der Waals surface area (Å²) in [4.78, 5) is 11.2. The zero-order valence-corrected chi connectivity index (χ0v) is 14.8. The number of hydrogen-bond acceptors (Lipinski definition) is 5. The van der Waals surface area contributed by atoms with Crippen LogP contribution in [0.2, 0.25) is 0 Å². The van der Waals surface area contributed by atoms with Gasteiger partial charge >= 0.3 is 0 Å². The molecule has 0 aliphatic carbocycles. The number of aromatic nitrogens is 1. The van der Waals surface area contributed by atoms with E-state index in [-0.39, 0.29) is 0 Å². The molecule has 0 amide bonds. The summed E-state index contributed by atoms with van der Waals surface area (Å²) in [6, 6.07) is 0. The van der Waals surface area contributed by atoms with Crippen LogP contribution in [-0.4, -0.2) is 61.2 Å². The number of nitrogens with zero attached hydrogens (tertiary/aromatic N) is 3. The van der Waals surface area contributed by atoms with E-state index in [1.165, 1.54) is 62.6 Å². The van der Waals surface area contributed by atoms with Crippen molar-refractivity contribution in [3.05, 3.63) is 16.1 Å². The summed E-state index contributed by atoms with van der Waals surface area (Å²) in [7, 11) is 1.80. The zero-order chi connectivity index (χ0) is 15.4. The van der Waals surface area contributed by atoms with Gasteiger partial charge in [0.25, 0.3) is 0 Å². The predicted molar refractivity (Wildman–Crippen MR) is 91.3 cm³/mol. The standard InChI is InChI=1S/C17H29N3OS/c1-14-17(22-13-18-14)12-20-10-15-4-7-19(6-3-9-21-2)8-5-16(15)11-20/h13,15-16H,3-12H2,1-2H3/t15-,16+. The highest BCUT2D eigenvalue weighted by Gasteiger charge is 2.34. The summed E-state index contributed by atoms with van der Waals surface area (Å²) in [6.07, 6.45) is 3.91. The lowest BCUT2D eigenvalue weighted by atomic mass is 9.92. The molecule has 2 atom stereocenters. The molecular weight excluding hydrogens is 294 g/mol. The summed E-state index contributed by atoms with van der Waals surface area (Å²) < 4.78 is 5.17. The van der Waals surface area contributed by atoms with E-state index in [2.05, 4.69) is 21.7 Å². The zero-order valence-electron chi connectivity index (χ0n) is 14.0. The van der Waals surface area contributed by atoms with Crippen LogP contribution < -0.4 is 0 Å². The predicted octanol–water partition coefficient (Wildman–Crippen LogP) is 2.63. The van der Waals surface area contributed by atoms with Crippen LogP contribution in [0.1, 0.15) is 29.8 Å². The van der Waals surface area contributed by atoms with Crippen LogP contribution in [-0.2, 0) is 11.3 Å². The number of aryl methyl sites for hydroxylation is 1. The quantitative estimate of drug-likeness (QED) is 0.753. The lowest BCUT2D eigenvalue weighted by Gasteiger charge is -2.21. The van der Waals surface area contributed by atoms with Crippen molar-refractivity contribution in [3.63, 3.8) is 0 Å². The van der Waals surface area contributed by atoms with E-state index in [1.807, 2.05) is 16.8 Å². The van der Waals surface area contributed by atoms with E-state index in [4.69, 9.17) is 4.74 Å². The SMILES string of the molecule is COCCCN1CC[C@@H]2CN(Cc3scnc3C)C[C@@H]2CC1. The van der Waals surface area contributed by atoms with Gasteiger partial charge in [-0.25, -0.2) is 4.98 Å². The Hall–Kier alpha value is -0.490. The van der Waals surface area contributed by atoms with Crippen LogP contribution in [0.3, 0.4) is 0 Å². The van der Waals surface area contributed by atoms with E-state index in [0.717, 1.165) is 25.0 Å². The lowest BCUT2D eigenvalue weighted by Crippen LogP contribution is -2.28. The van der Waals surface area contributed by atoms with Crippen LogP contribution in [0.5, 0.6) is 0 Å².